The zero-order valence-electron chi connectivity index (χ0n) is 11.3. The van der Waals surface area contributed by atoms with Gasteiger partial charge in [0, 0.05) is 6.54 Å². The Bertz CT molecular complexity index is 640. The number of fused-ring (bicyclic) bond motifs is 1. The van der Waals surface area contributed by atoms with Gasteiger partial charge < -0.3 is 9.84 Å². The molecule has 7 nitrogen and oxygen atoms in total. The lowest BCUT2D eigenvalue weighted by atomic mass is 9.91. The highest BCUT2D eigenvalue weighted by atomic mass is 32.2. The van der Waals surface area contributed by atoms with E-state index in [1.54, 1.807) is 0 Å². The van der Waals surface area contributed by atoms with Crippen LogP contribution in [0.25, 0.3) is 0 Å². The third-order valence-corrected chi connectivity index (χ3v) is 7.23. The first-order valence-corrected chi connectivity index (χ1v) is 9.14. The third-order valence-electron chi connectivity index (χ3n) is 3.96. The van der Waals surface area contributed by atoms with Crippen molar-refractivity contribution in [1.29, 1.82) is 0 Å². The average molecular weight is 332 g/mol. The molecule has 0 spiro atoms. The van der Waals surface area contributed by atoms with E-state index in [0.717, 1.165) is 37.0 Å². The zero-order chi connectivity index (χ0) is 15.0. The number of aromatic carboxylic acids is 1. The van der Waals surface area contributed by atoms with Gasteiger partial charge in [0.05, 0.1) is 24.3 Å². The fraction of sp³-hybridized carbons (Fsp3) is 0.667. The van der Waals surface area contributed by atoms with Crippen LogP contribution in [0.2, 0.25) is 0 Å². The number of sulfonamides is 1. The second-order valence-electron chi connectivity index (χ2n) is 5.17. The maximum Gasteiger partial charge on any atom is 0.356 e. The van der Waals surface area contributed by atoms with E-state index in [4.69, 9.17) is 9.84 Å². The molecule has 2 heterocycles. The van der Waals surface area contributed by atoms with Crippen molar-refractivity contribution >= 4 is 27.3 Å². The summed E-state index contributed by atoms with van der Waals surface area (Å²) >= 11 is 0.855. The van der Waals surface area contributed by atoms with Crippen LogP contribution in [0.4, 0.5) is 0 Å². The Hall–Kier alpha value is -1.03. The minimum atomic E-state index is -3.84. The van der Waals surface area contributed by atoms with E-state index in [2.05, 4.69) is 4.98 Å². The zero-order valence-corrected chi connectivity index (χ0v) is 12.9. The summed E-state index contributed by atoms with van der Waals surface area (Å²) in [5.41, 5.74) is 0.869. The van der Waals surface area contributed by atoms with E-state index in [1.165, 1.54) is 9.82 Å². The summed E-state index contributed by atoms with van der Waals surface area (Å²) in [5, 5.41) is 9.09. The third kappa shape index (κ3) is 2.59. The molecule has 21 heavy (non-hydrogen) atoms. The van der Waals surface area contributed by atoms with Gasteiger partial charge in [0.1, 0.15) is 0 Å². The van der Waals surface area contributed by atoms with Gasteiger partial charge >= 0.3 is 5.97 Å². The largest absolute Gasteiger partial charge is 0.476 e. The first-order valence-electron chi connectivity index (χ1n) is 6.82. The first-order chi connectivity index (χ1) is 10.0. The Kier molecular flexibility index (Phi) is 4.00. The predicted molar refractivity (Wildman–Crippen MR) is 75.0 cm³/mol. The summed E-state index contributed by atoms with van der Waals surface area (Å²) in [6.45, 7) is 0.613. The highest BCUT2D eigenvalue weighted by molar-refractivity contribution is 7.91. The number of carboxylic acid groups (broad SMARTS) is 1. The van der Waals surface area contributed by atoms with E-state index in [9.17, 15) is 13.2 Å². The van der Waals surface area contributed by atoms with Crippen LogP contribution in [0.3, 0.4) is 0 Å². The van der Waals surface area contributed by atoms with Gasteiger partial charge in [0.2, 0.25) is 0 Å². The van der Waals surface area contributed by atoms with Crippen LogP contribution in [-0.2, 0) is 14.8 Å². The van der Waals surface area contributed by atoms with Crippen molar-refractivity contribution in [2.45, 2.75) is 42.0 Å². The molecule has 1 aliphatic heterocycles. The number of carbonyl (C=O) groups is 1. The minimum Gasteiger partial charge on any atom is -0.476 e. The fourth-order valence-electron chi connectivity index (χ4n) is 3.03. The SMILES string of the molecule is O=C(O)c1ncsc1S(=O)(=O)N1CCOC2CCCCC21. The molecular weight excluding hydrogens is 316 g/mol. The molecule has 1 aromatic heterocycles. The van der Waals surface area contributed by atoms with Gasteiger partial charge in [-0.25, -0.2) is 18.2 Å². The van der Waals surface area contributed by atoms with Gasteiger partial charge in [-0.05, 0) is 12.8 Å². The minimum absolute atomic E-state index is 0.0801. The molecule has 0 amide bonds. The maximum atomic E-state index is 12.8. The molecule has 1 aliphatic carbocycles. The number of carboxylic acids is 1. The van der Waals surface area contributed by atoms with Crippen molar-refractivity contribution < 1.29 is 23.1 Å². The summed E-state index contributed by atoms with van der Waals surface area (Å²) in [6.07, 6.45) is 3.53. The first kappa shape index (κ1) is 14.9. The van der Waals surface area contributed by atoms with Gasteiger partial charge in [-0.15, -0.1) is 11.3 Å². The van der Waals surface area contributed by atoms with Crippen LogP contribution in [0, 0.1) is 0 Å². The summed E-state index contributed by atoms with van der Waals surface area (Å²) in [4.78, 5) is 14.8. The van der Waals surface area contributed by atoms with Crippen molar-refractivity contribution in [2.75, 3.05) is 13.2 Å². The van der Waals surface area contributed by atoms with Crippen molar-refractivity contribution in [3.63, 3.8) is 0 Å². The van der Waals surface area contributed by atoms with Crippen LogP contribution in [0.5, 0.6) is 0 Å². The second-order valence-corrected chi connectivity index (χ2v) is 8.11. The summed E-state index contributed by atoms with van der Waals surface area (Å²) in [6, 6.07) is -0.193. The maximum absolute atomic E-state index is 12.8. The Morgan fingerprint density at radius 1 is 1.43 bits per heavy atom. The molecule has 3 rings (SSSR count). The smallest absolute Gasteiger partial charge is 0.356 e. The van der Waals surface area contributed by atoms with Crippen LogP contribution in [0.1, 0.15) is 36.2 Å². The van der Waals surface area contributed by atoms with Gasteiger partial charge in [-0.3, -0.25) is 0 Å². The van der Waals surface area contributed by atoms with Crippen molar-refractivity contribution in [3.8, 4) is 0 Å². The number of aromatic nitrogens is 1. The number of thiazole rings is 1. The van der Waals surface area contributed by atoms with E-state index < -0.39 is 16.0 Å². The lowest BCUT2D eigenvalue weighted by molar-refractivity contribution is -0.0585. The van der Waals surface area contributed by atoms with Crippen LogP contribution < -0.4 is 0 Å². The molecule has 2 atom stereocenters. The lowest BCUT2D eigenvalue weighted by Gasteiger charge is -2.42. The average Bonchev–Trinajstić information content (AvgIpc) is 2.97. The Morgan fingerprint density at radius 3 is 2.95 bits per heavy atom. The van der Waals surface area contributed by atoms with Gasteiger partial charge in [0.25, 0.3) is 10.0 Å². The summed E-state index contributed by atoms with van der Waals surface area (Å²) in [7, 11) is -3.84. The highest BCUT2D eigenvalue weighted by Gasteiger charge is 2.42. The fourth-order valence-corrected chi connectivity index (χ4v) is 5.94. The topological polar surface area (TPSA) is 96.8 Å². The molecule has 0 aromatic carbocycles. The normalized spacial score (nSPS) is 27.2. The standard InChI is InChI=1S/C12H16N2O5S2/c15-11(16)10-12(20-7-13-10)21(17,18)14-5-6-19-9-4-2-1-3-8(9)14/h7-9H,1-6H2,(H,15,16). The lowest BCUT2D eigenvalue weighted by Crippen LogP contribution is -2.54. The number of hydrogen-bond acceptors (Lipinski definition) is 6. The van der Waals surface area contributed by atoms with E-state index in [0.29, 0.717) is 6.61 Å². The molecule has 2 fully saturated rings. The van der Waals surface area contributed by atoms with Crippen LogP contribution >= 0.6 is 11.3 Å². The summed E-state index contributed by atoms with van der Waals surface area (Å²) in [5.74, 6) is -1.32. The highest BCUT2D eigenvalue weighted by Crippen LogP contribution is 2.34. The molecule has 1 saturated carbocycles. The Balaban J connectivity index is 1.97. The van der Waals surface area contributed by atoms with Crippen LogP contribution in [0.15, 0.2) is 9.72 Å². The van der Waals surface area contributed by atoms with Gasteiger partial charge in [-0.1, -0.05) is 12.8 Å². The Labute approximate surface area is 126 Å². The van der Waals surface area contributed by atoms with Gasteiger partial charge in [0.15, 0.2) is 9.90 Å². The molecular formula is C12H16N2O5S2. The number of hydrogen-bond donors (Lipinski definition) is 1. The molecule has 1 aromatic rings. The van der Waals surface area contributed by atoms with E-state index in [1.807, 2.05) is 0 Å². The molecule has 9 heteroatoms. The number of nitrogens with zero attached hydrogens (tertiary/aromatic N) is 2. The molecule has 2 unspecified atom stereocenters. The molecule has 0 radical (unpaired) electrons. The molecule has 116 valence electrons. The number of ether oxygens (including phenoxy) is 1. The van der Waals surface area contributed by atoms with E-state index in [-0.39, 0.29) is 28.6 Å². The molecule has 1 N–H and O–H groups in total. The van der Waals surface area contributed by atoms with Crippen molar-refractivity contribution in [3.05, 3.63) is 11.2 Å². The monoisotopic (exact) mass is 332 g/mol. The second kappa shape index (κ2) is 5.64. The molecule has 0 bridgehead atoms. The predicted octanol–water partition coefficient (Wildman–Crippen LogP) is 1.17. The Morgan fingerprint density at radius 2 is 2.19 bits per heavy atom. The quantitative estimate of drug-likeness (QED) is 0.892. The molecule has 2 aliphatic rings. The van der Waals surface area contributed by atoms with Crippen molar-refractivity contribution in [1.82, 2.24) is 9.29 Å². The van der Waals surface area contributed by atoms with Crippen LogP contribution in [-0.4, -0.2) is 54.1 Å². The number of rotatable bonds is 3. The summed E-state index contributed by atoms with van der Waals surface area (Å²) < 4.78 is 32.5. The van der Waals surface area contributed by atoms with Gasteiger partial charge in [-0.2, -0.15) is 4.31 Å². The van der Waals surface area contributed by atoms with E-state index >= 15 is 0 Å². The number of morpholine rings is 1. The molecule has 1 saturated heterocycles. The van der Waals surface area contributed by atoms with Crippen molar-refractivity contribution in [2.24, 2.45) is 0 Å².